The summed E-state index contributed by atoms with van der Waals surface area (Å²) in [6.07, 6.45) is 1.06. The Balaban J connectivity index is 1.55. The minimum Gasteiger partial charge on any atom is -0.497 e. The van der Waals surface area contributed by atoms with Gasteiger partial charge >= 0.3 is 6.09 Å². The Morgan fingerprint density at radius 1 is 1.05 bits per heavy atom. The maximum atomic E-state index is 13.3. The first-order valence-electron chi connectivity index (χ1n) is 12.2. The molecule has 2 heterocycles. The summed E-state index contributed by atoms with van der Waals surface area (Å²) in [5, 5.41) is 5.75. The Morgan fingerprint density at radius 2 is 1.84 bits per heavy atom. The van der Waals surface area contributed by atoms with Crippen LogP contribution in [0.5, 0.6) is 5.75 Å². The van der Waals surface area contributed by atoms with Crippen LogP contribution in [-0.2, 0) is 11.3 Å². The van der Waals surface area contributed by atoms with Crippen molar-refractivity contribution in [2.45, 2.75) is 45.9 Å². The van der Waals surface area contributed by atoms with Gasteiger partial charge in [0.15, 0.2) is 0 Å². The monoisotopic (exact) mass is 500 g/mol. The fraction of sp³-hybridized carbons (Fsp3) is 0.310. The van der Waals surface area contributed by atoms with Gasteiger partial charge in [-0.05, 0) is 80.3 Å². The Kier molecular flexibility index (Phi) is 7.57. The van der Waals surface area contributed by atoms with E-state index in [1.54, 1.807) is 40.1 Å². The number of rotatable bonds is 7. The summed E-state index contributed by atoms with van der Waals surface area (Å²) in [5.74, 6) is 0.282. The lowest BCUT2D eigenvalue weighted by molar-refractivity contribution is 0.0519. The molecular weight excluding hydrogens is 468 g/mol. The molecule has 8 nitrogen and oxygen atoms in total. The number of amides is 2. The quantitative estimate of drug-likeness (QED) is 0.471. The predicted octanol–water partition coefficient (Wildman–Crippen LogP) is 5.08. The van der Waals surface area contributed by atoms with Gasteiger partial charge < -0.3 is 20.1 Å². The lowest BCUT2D eigenvalue weighted by atomic mass is 9.98. The number of hydrogen-bond donors (Lipinski definition) is 2. The summed E-state index contributed by atoms with van der Waals surface area (Å²) in [6.45, 7) is 8.21. The first-order valence-corrected chi connectivity index (χ1v) is 12.2. The second kappa shape index (κ2) is 10.8. The molecule has 4 rings (SSSR count). The highest BCUT2D eigenvalue weighted by Gasteiger charge is 2.21. The molecule has 0 saturated carbocycles. The summed E-state index contributed by atoms with van der Waals surface area (Å²) in [6, 6.07) is 16.6. The average molecular weight is 501 g/mol. The number of alkyl carbamates (subject to hydrolysis) is 1. The summed E-state index contributed by atoms with van der Waals surface area (Å²) < 4.78 is 10.7. The first-order chi connectivity index (χ1) is 17.6. The van der Waals surface area contributed by atoms with E-state index in [-0.39, 0.29) is 18.1 Å². The zero-order chi connectivity index (χ0) is 26.6. The number of carbonyl (C=O) groups is 2. The molecule has 1 aliphatic rings. The first kappa shape index (κ1) is 25.9. The topological polar surface area (TPSA) is 102 Å². The number of carbonyl (C=O) groups excluding carboxylic acids is 2. The summed E-state index contributed by atoms with van der Waals surface area (Å²) in [7, 11) is 1.58. The van der Waals surface area contributed by atoms with E-state index in [1.165, 1.54) is 5.56 Å². The van der Waals surface area contributed by atoms with Crippen molar-refractivity contribution in [3.05, 3.63) is 83.2 Å². The van der Waals surface area contributed by atoms with E-state index in [2.05, 4.69) is 32.7 Å². The number of methoxy groups -OCH3 is 1. The van der Waals surface area contributed by atoms with Crippen LogP contribution in [0.15, 0.2) is 65.8 Å². The Bertz CT molecular complexity index is 1340. The lowest BCUT2D eigenvalue weighted by Crippen LogP contribution is -2.40. The van der Waals surface area contributed by atoms with Crippen molar-refractivity contribution in [2.24, 2.45) is 4.99 Å². The minimum absolute atomic E-state index is 0.122. The van der Waals surface area contributed by atoms with E-state index in [4.69, 9.17) is 9.47 Å². The van der Waals surface area contributed by atoms with E-state index in [9.17, 15) is 9.59 Å². The van der Waals surface area contributed by atoms with Crippen molar-refractivity contribution < 1.29 is 19.1 Å². The van der Waals surface area contributed by atoms with Crippen LogP contribution in [0.4, 0.5) is 4.79 Å². The molecule has 192 valence electrons. The van der Waals surface area contributed by atoms with Gasteiger partial charge in [-0.25, -0.2) is 4.79 Å². The number of nitrogens with zero attached hydrogens (tertiary/aromatic N) is 2. The number of aliphatic imine (C=N–C) groups is 1. The molecule has 3 aromatic rings. The third kappa shape index (κ3) is 6.52. The molecule has 1 atom stereocenters. The largest absolute Gasteiger partial charge is 0.497 e. The molecule has 0 saturated heterocycles. The highest BCUT2D eigenvalue weighted by atomic mass is 16.6. The van der Waals surface area contributed by atoms with Crippen LogP contribution in [0.25, 0.3) is 11.1 Å². The number of fused-ring (bicyclic) bond motifs is 1. The van der Waals surface area contributed by atoms with Gasteiger partial charge in [-0.3, -0.25) is 14.8 Å². The summed E-state index contributed by atoms with van der Waals surface area (Å²) in [4.78, 5) is 34.4. The number of ether oxygens (including phenoxy) is 2. The third-order valence-electron chi connectivity index (χ3n) is 5.96. The molecule has 2 aromatic carbocycles. The highest BCUT2D eigenvalue weighted by Crippen LogP contribution is 2.27. The standard InChI is InChI=1S/C29H32N4O4/c1-18-24-14-19(9-10-22(24)16-31-18)20-11-12-30-25(15-20)27(34)33-26(17-32-28(35)37-29(2,3)4)21-7-6-8-23(13-21)36-5/h6-15,26H,16-17H2,1-5H3,(H,32,35)(H,33,34). The van der Waals surface area contributed by atoms with Crippen molar-refractivity contribution in [2.75, 3.05) is 13.7 Å². The van der Waals surface area contributed by atoms with Gasteiger partial charge in [-0.15, -0.1) is 0 Å². The van der Waals surface area contributed by atoms with E-state index in [0.717, 1.165) is 28.0 Å². The molecule has 1 aliphatic heterocycles. The molecule has 2 N–H and O–H groups in total. The molecule has 0 spiro atoms. The molecule has 0 radical (unpaired) electrons. The second-order valence-electron chi connectivity index (χ2n) is 9.89. The van der Waals surface area contributed by atoms with Crippen LogP contribution < -0.4 is 15.4 Å². The normalized spacial score (nSPS) is 13.3. The average Bonchev–Trinajstić information content (AvgIpc) is 3.25. The van der Waals surface area contributed by atoms with Crippen LogP contribution >= 0.6 is 0 Å². The molecular formula is C29H32N4O4. The Hall–Kier alpha value is -4.20. The fourth-order valence-corrected chi connectivity index (χ4v) is 4.10. The zero-order valence-corrected chi connectivity index (χ0v) is 21.8. The van der Waals surface area contributed by atoms with E-state index < -0.39 is 17.7 Å². The van der Waals surface area contributed by atoms with E-state index in [0.29, 0.717) is 12.3 Å². The summed E-state index contributed by atoms with van der Waals surface area (Å²) in [5.41, 5.74) is 5.63. The number of aromatic nitrogens is 1. The maximum Gasteiger partial charge on any atom is 0.407 e. The van der Waals surface area contributed by atoms with Gasteiger partial charge in [-0.1, -0.05) is 24.3 Å². The molecule has 0 aliphatic carbocycles. The SMILES string of the molecule is COc1cccc(C(CNC(=O)OC(C)(C)C)NC(=O)c2cc(-c3ccc4c(c3)C(C)=NC4)ccn2)c1. The van der Waals surface area contributed by atoms with Gasteiger partial charge in [0.1, 0.15) is 17.0 Å². The van der Waals surface area contributed by atoms with Crippen LogP contribution in [0.3, 0.4) is 0 Å². The fourth-order valence-electron chi connectivity index (χ4n) is 4.10. The number of nitrogens with one attached hydrogen (secondary N) is 2. The number of benzene rings is 2. The van der Waals surface area contributed by atoms with Gasteiger partial charge in [0.25, 0.3) is 5.91 Å². The molecule has 37 heavy (non-hydrogen) atoms. The van der Waals surface area contributed by atoms with Crippen LogP contribution in [0.2, 0.25) is 0 Å². The van der Waals surface area contributed by atoms with Gasteiger partial charge in [0.2, 0.25) is 0 Å². The van der Waals surface area contributed by atoms with Crippen molar-refractivity contribution >= 4 is 17.7 Å². The van der Waals surface area contributed by atoms with Crippen LogP contribution in [0.1, 0.15) is 60.9 Å². The van der Waals surface area contributed by atoms with Crippen molar-refractivity contribution in [3.8, 4) is 16.9 Å². The zero-order valence-electron chi connectivity index (χ0n) is 21.8. The second-order valence-corrected chi connectivity index (χ2v) is 9.89. The molecule has 0 bridgehead atoms. The van der Waals surface area contributed by atoms with Crippen LogP contribution in [-0.4, -0.2) is 42.0 Å². The minimum atomic E-state index is -0.634. The molecule has 1 unspecified atom stereocenters. The van der Waals surface area contributed by atoms with E-state index in [1.807, 2.05) is 43.3 Å². The van der Waals surface area contributed by atoms with Gasteiger partial charge in [-0.2, -0.15) is 0 Å². The third-order valence-corrected chi connectivity index (χ3v) is 5.96. The van der Waals surface area contributed by atoms with Gasteiger partial charge in [0, 0.05) is 24.0 Å². The van der Waals surface area contributed by atoms with Crippen LogP contribution in [0, 0.1) is 0 Å². The molecule has 1 aromatic heterocycles. The predicted molar refractivity (Wildman–Crippen MR) is 143 cm³/mol. The smallest absolute Gasteiger partial charge is 0.407 e. The van der Waals surface area contributed by atoms with Crippen molar-refractivity contribution in [1.82, 2.24) is 15.6 Å². The number of pyridine rings is 1. The maximum absolute atomic E-state index is 13.3. The van der Waals surface area contributed by atoms with Crippen molar-refractivity contribution in [3.63, 3.8) is 0 Å². The highest BCUT2D eigenvalue weighted by molar-refractivity contribution is 6.03. The molecule has 8 heteroatoms. The Labute approximate surface area is 217 Å². The molecule has 2 amide bonds. The van der Waals surface area contributed by atoms with Crippen molar-refractivity contribution in [1.29, 1.82) is 0 Å². The van der Waals surface area contributed by atoms with Gasteiger partial charge in [0.05, 0.1) is 19.7 Å². The van der Waals surface area contributed by atoms with E-state index >= 15 is 0 Å². The number of hydrogen-bond acceptors (Lipinski definition) is 6. The molecule has 0 fully saturated rings. The summed E-state index contributed by atoms with van der Waals surface area (Å²) >= 11 is 0. The lowest BCUT2D eigenvalue weighted by Gasteiger charge is -2.23. The Morgan fingerprint density at radius 3 is 2.59 bits per heavy atom.